The van der Waals surface area contributed by atoms with Gasteiger partial charge in [0.1, 0.15) is 17.1 Å². The van der Waals surface area contributed by atoms with Crippen molar-refractivity contribution in [3.05, 3.63) is 55.7 Å². The Kier molecular flexibility index (Phi) is 5.60. The first kappa shape index (κ1) is 18.3. The molecule has 2 aromatic rings. The first-order valence-corrected chi connectivity index (χ1v) is 7.34. The van der Waals surface area contributed by atoms with Crippen molar-refractivity contribution < 1.29 is 19.1 Å². The summed E-state index contributed by atoms with van der Waals surface area (Å²) in [5.41, 5.74) is 3.42. The van der Waals surface area contributed by atoms with Crippen LogP contribution in [0.3, 0.4) is 0 Å². The van der Waals surface area contributed by atoms with Crippen LogP contribution in [0.2, 0.25) is 5.02 Å². The van der Waals surface area contributed by atoms with Crippen LogP contribution in [-0.2, 0) is 16.6 Å². The van der Waals surface area contributed by atoms with Crippen molar-refractivity contribution in [3.8, 4) is 5.75 Å². The zero-order chi connectivity index (χ0) is 18.6. The number of halogens is 1. The molecule has 10 heteroatoms. The van der Waals surface area contributed by atoms with Crippen molar-refractivity contribution in [2.75, 3.05) is 18.9 Å². The van der Waals surface area contributed by atoms with Gasteiger partial charge in [-0.2, -0.15) is 0 Å². The Labute approximate surface area is 145 Å². The number of H-pyrrole nitrogens is 1. The molecule has 0 saturated heterocycles. The Bertz CT molecular complexity index is 934. The van der Waals surface area contributed by atoms with Crippen LogP contribution in [0.4, 0.5) is 5.82 Å². The number of nitrogens with one attached hydrogen (secondary N) is 1. The minimum absolute atomic E-state index is 0.284. The standard InChI is InChI=1S/C15H14ClN3O6/c1-19-13(17)12(14(22)18-15(19)23)9(20)6-25-11(21)7-24-10-5-3-2-4-8(10)16/h2-5H,6-7,17H2,1H3,(H,18,22,23). The molecule has 0 amide bonds. The summed E-state index contributed by atoms with van der Waals surface area (Å²) in [6, 6.07) is 6.51. The number of nitrogens with zero attached hydrogens (tertiary/aromatic N) is 1. The Balaban J connectivity index is 1.98. The number of ether oxygens (including phenoxy) is 2. The molecule has 3 N–H and O–H groups in total. The summed E-state index contributed by atoms with van der Waals surface area (Å²) in [6.07, 6.45) is 0. The topological polar surface area (TPSA) is 133 Å². The number of nitrogen functional groups attached to an aromatic ring is 1. The lowest BCUT2D eigenvalue weighted by molar-refractivity contribution is -0.144. The van der Waals surface area contributed by atoms with E-state index in [0.29, 0.717) is 5.02 Å². The van der Waals surface area contributed by atoms with Crippen LogP contribution >= 0.6 is 11.6 Å². The number of aromatic nitrogens is 2. The molecule has 0 aliphatic carbocycles. The predicted molar refractivity (Wildman–Crippen MR) is 89.0 cm³/mol. The van der Waals surface area contributed by atoms with E-state index in [0.717, 1.165) is 4.57 Å². The molecule has 0 atom stereocenters. The molecule has 1 heterocycles. The number of rotatable bonds is 6. The number of Topliss-reactive ketones (excluding diaryl/α,β-unsaturated/α-hetero) is 1. The van der Waals surface area contributed by atoms with Gasteiger partial charge in [0, 0.05) is 7.05 Å². The van der Waals surface area contributed by atoms with Crippen LogP contribution in [0.15, 0.2) is 33.9 Å². The fraction of sp³-hybridized carbons (Fsp3) is 0.200. The molecule has 0 bridgehead atoms. The average Bonchev–Trinajstić information content (AvgIpc) is 2.57. The average molecular weight is 368 g/mol. The molecular formula is C15H14ClN3O6. The SMILES string of the molecule is Cn1c(N)c(C(=O)COC(=O)COc2ccccc2Cl)c(=O)[nH]c1=O. The van der Waals surface area contributed by atoms with E-state index < -0.39 is 41.8 Å². The number of carbonyl (C=O) groups excluding carboxylic acids is 2. The summed E-state index contributed by atoms with van der Waals surface area (Å²) in [5.74, 6) is -1.72. The van der Waals surface area contributed by atoms with Gasteiger partial charge in [0.05, 0.1) is 5.02 Å². The van der Waals surface area contributed by atoms with Gasteiger partial charge in [0.2, 0.25) is 5.78 Å². The van der Waals surface area contributed by atoms with E-state index in [1.54, 1.807) is 24.3 Å². The minimum atomic E-state index is -0.950. The number of anilines is 1. The maximum absolute atomic E-state index is 12.0. The van der Waals surface area contributed by atoms with Crippen molar-refractivity contribution in [3.63, 3.8) is 0 Å². The Morgan fingerprint density at radius 2 is 1.92 bits per heavy atom. The molecule has 0 aliphatic rings. The molecule has 0 unspecified atom stereocenters. The Morgan fingerprint density at radius 3 is 2.60 bits per heavy atom. The van der Waals surface area contributed by atoms with Crippen LogP contribution in [0.1, 0.15) is 10.4 Å². The largest absolute Gasteiger partial charge is 0.480 e. The van der Waals surface area contributed by atoms with E-state index in [1.807, 2.05) is 4.98 Å². The Hall–Kier alpha value is -3.07. The summed E-state index contributed by atoms with van der Waals surface area (Å²) in [7, 11) is 1.29. The molecule has 0 saturated carbocycles. The van der Waals surface area contributed by atoms with E-state index in [9.17, 15) is 19.2 Å². The molecular weight excluding hydrogens is 354 g/mol. The Morgan fingerprint density at radius 1 is 1.24 bits per heavy atom. The molecule has 1 aromatic heterocycles. The van der Waals surface area contributed by atoms with Gasteiger partial charge in [0.25, 0.3) is 5.56 Å². The van der Waals surface area contributed by atoms with Gasteiger partial charge in [-0.3, -0.25) is 19.1 Å². The summed E-state index contributed by atoms with van der Waals surface area (Å²) in [4.78, 5) is 48.7. The van der Waals surface area contributed by atoms with Crippen LogP contribution < -0.4 is 21.7 Å². The number of benzene rings is 1. The van der Waals surface area contributed by atoms with Crippen LogP contribution in [0.25, 0.3) is 0 Å². The van der Waals surface area contributed by atoms with Crippen molar-refractivity contribution in [1.82, 2.24) is 9.55 Å². The number of hydrogen-bond donors (Lipinski definition) is 2. The van der Waals surface area contributed by atoms with Gasteiger partial charge >= 0.3 is 11.7 Å². The van der Waals surface area contributed by atoms with Gasteiger partial charge in [0.15, 0.2) is 13.2 Å². The van der Waals surface area contributed by atoms with Crippen molar-refractivity contribution in [1.29, 1.82) is 0 Å². The predicted octanol–water partition coefficient (Wildman–Crippen LogP) is 0.114. The number of esters is 1. The number of nitrogens with two attached hydrogens (primary N) is 1. The molecule has 0 radical (unpaired) electrons. The van der Waals surface area contributed by atoms with E-state index in [2.05, 4.69) is 0 Å². The molecule has 0 fully saturated rings. The highest BCUT2D eigenvalue weighted by Gasteiger charge is 2.19. The second kappa shape index (κ2) is 7.67. The van der Waals surface area contributed by atoms with Crippen LogP contribution in [0, 0.1) is 0 Å². The van der Waals surface area contributed by atoms with E-state index in [4.69, 9.17) is 26.8 Å². The lowest BCUT2D eigenvalue weighted by Crippen LogP contribution is -2.36. The third-order valence-corrected chi connectivity index (χ3v) is 3.51. The summed E-state index contributed by atoms with van der Waals surface area (Å²) < 4.78 is 10.8. The van der Waals surface area contributed by atoms with E-state index in [-0.39, 0.29) is 11.6 Å². The number of carbonyl (C=O) groups is 2. The van der Waals surface area contributed by atoms with Gasteiger partial charge in [-0.15, -0.1) is 0 Å². The fourth-order valence-electron chi connectivity index (χ4n) is 1.86. The maximum Gasteiger partial charge on any atom is 0.344 e. The van der Waals surface area contributed by atoms with Gasteiger partial charge in [-0.1, -0.05) is 23.7 Å². The number of para-hydroxylation sites is 1. The number of hydrogen-bond acceptors (Lipinski definition) is 7. The molecule has 9 nitrogen and oxygen atoms in total. The van der Waals surface area contributed by atoms with Crippen LogP contribution in [0.5, 0.6) is 5.75 Å². The van der Waals surface area contributed by atoms with Crippen molar-refractivity contribution >= 4 is 29.2 Å². The first-order chi connectivity index (χ1) is 11.8. The van der Waals surface area contributed by atoms with E-state index in [1.165, 1.54) is 7.05 Å². The molecule has 132 valence electrons. The second-order valence-electron chi connectivity index (χ2n) is 4.88. The first-order valence-electron chi connectivity index (χ1n) is 6.96. The highest BCUT2D eigenvalue weighted by atomic mass is 35.5. The smallest absolute Gasteiger partial charge is 0.344 e. The molecule has 25 heavy (non-hydrogen) atoms. The van der Waals surface area contributed by atoms with E-state index >= 15 is 0 Å². The highest BCUT2D eigenvalue weighted by molar-refractivity contribution is 6.32. The second-order valence-corrected chi connectivity index (χ2v) is 5.29. The third-order valence-electron chi connectivity index (χ3n) is 3.19. The fourth-order valence-corrected chi connectivity index (χ4v) is 2.05. The monoisotopic (exact) mass is 367 g/mol. The summed E-state index contributed by atoms with van der Waals surface area (Å²) >= 11 is 5.87. The summed E-state index contributed by atoms with van der Waals surface area (Å²) in [5, 5.41) is 0.316. The third kappa shape index (κ3) is 4.27. The normalized spacial score (nSPS) is 10.3. The highest BCUT2D eigenvalue weighted by Crippen LogP contribution is 2.22. The molecule has 2 rings (SSSR count). The van der Waals surface area contributed by atoms with Crippen molar-refractivity contribution in [2.45, 2.75) is 0 Å². The number of ketones is 1. The quantitative estimate of drug-likeness (QED) is 0.546. The molecule has 0 spiro atoms. The van der Waals surface area contributed by atoms with Crippen molar-refractivity contribution in [2.24, 2.45) is 7.05 Å². The van der Waals surface area contributed by atoms with Gasteiger partial charge in [-0.05, 0) is 12.1 Å². The minimum Gasteiger partial charge on any atom is -0.480 e. The summed E-state index contributed by atoms with van der Waals surface area (Å²) in [6.45, 7) is -1.20. The zero-order valence-electron chi connectivity index (χ0n) is 13.1. The number of aromatic amines is 1. The lowest BCUT2D eigenvalue weighted by Gasteiger charge is -2.09. The molecule has 1 aromatic carbocycles. The van der Waals surface area contributed by atoms with Gasteiger partial charge in [-0.25, -0.2) is 9.59 Å². The van der Waals surface area contributed by atoms with Crippen LogP contribution in [-0.4, -0.2) is 34.5 Å². The lowest BCUT2D eigenvalue weighted by atomic mass is 10.2. The maximum atomic E-state index is 12.0. The molecule has 0 aliphatic heterocycles. The zero-order valence-corrected chi connectivity index (χ0v) is 13.8. The van der Waals surface area contributed by atoms with Gasteiger partial charge < -0.3 is 15.2 Å².